The van der Waals surface area contributed by atoms with E-state index in [1.54, 1.807) is 34.1 Å². The number of amides is 6. The molecule has 1 N–H and O–H groups in total. The maximum absolute atomic E-state index is 12.5. The van der Waals surface area contributed by atoms with Gasteiger partial charge in [-0.2, -0.15) is 0 Å². The topological polar surface area (TPSA) is 127 Å². The van der Waals surface area contributed by atoms with Crippen LogP contribution in [-0.4, -0.2) is 96.0 Å². The minimum atomic E-state index is -0.388. The van der Waals surface area contributed by atoms with Gasteiger partial charge in [0, 0.05) is 63.2 Å². The number of likely N-dealkylation sites (tertiary alicyclic amines) is 1. The molecule has 0 radical (unpaired) electrons. The molecular formula is C23H27N5O6. The number of nitrogens with one attached hydrogen (secondary N) is 1. The molecule has 3 aliphatic rings. The van der Waals surface area contributed by atoms with Crippen LogP contribution in [0.4, 0.5) is 5.69 Å². The van der Waals surface area contributed by atoms with Crippen molar-refractivity contribution in [1.82, 2.24) is 20.0 Å². The lowest BCUT2D eigenvalue weighted by Crippen LogP contribution is -2.54. The Balaban J connectivity index is 1.21. The highest BCUT2D eigenvalue weighted by atomic mass is 16.2. The molecule has 6 amide bonds. The second kappa shape index (κ2) is 10.0. The van der Waals surface area contributed by atoms with Crippen molar-refractivity contribution in [2.24, 2.45) is 0 Å². The Kier molecular flexibility index (Phi) is 6.90. The lowest BCUT2D eigenvalue weighted by atomic mass is 10.2. The van der Waals surface area contributed by atoms with Crippen LogP contribution >= 0.6 is 0 Å². The Morgan fingerprint density at radius 2 is 1.32 bits per heavy atom. The number of carbonyl (C=O) groups is 6. The molecule has 3 fully saturated rings. The lowest BCUT2D eigenvalue weighted by Gasteiger charge is -2.35. The van der Waals surface area contributed by atoms with Crippen molar-refractivity contribution in [1.29, 1.82) is 0 Å². The Bertz CT molecular complexity index is 999. The van der Waals surface area contributed by atoms with Crippen LogP contribution in [0, 0.1) is 0 Å². The van der Waals surface area contributed by atoms with Crippen molar-refractivity contribution in [3.63, 3.8) is 0 Å². The van der Waals surface area contributed by atoms with Gasteiger partial charge in [0.2, 0.25) is 29.5 Å². The van der Waals surface area contributed by atoms with E-state index in [0.717, 1.165) is 17.0 Å². The van der Waals surface area contributed by atoms with Gasteiger partial charge in [0.1, 0.15) is 6.54 Å². The Labute approximate surface area is 196 Å². The molecular weight excluding hydrogens is 442 g/mol. The highest BCUT2D eigenvalue weighted by Crippen LogP contribution is 2.21. The number of anilines is 1. The van der Waals surface area contributed by atoms with Gasteiger partial charge in [-0.15, -0.1) is 0 Å². The monoisotopic (exact) mass is 469 g/mol. The van der Waals surface area contributed by atoms with Gasteiger partial charge in [-0.3, -0.25) is 33.7 Å². The summed E-state index contributed by atoms with van der Waals surface area (Å²) in [6.45, 7) is 1.45. The summed E-state index contributed by atoms with van der Waals surface area (Å²) in [5, 5.41) is 2.61. The normalized spacial score (nSPS) is 18.6. The van der Waals surface area contributed by atoms with Crippen LogP contribution in [0.2, 0.25) is 0 Å². The highest BCUT2D eigenvalue weighted by molar-refractivity contribution is 6.04. The average Bonchev–Trinajstić information content (AvgIpc) is 3.42. The predicted molar refractivity (Wildman–Crippen MR) is 119 cm³/mol. The Hall–Kier alpha value is -3.76. The number of nitrogens with zero attached hydrogens (tertiary/aromatic N) is 4. The number of hydrogen-bond acceptors (Lipinski definition) is 6. The van der Waals surface area contributed by atoms with Crippen molar-refractivity contribution in [2.45, 2.75) is 25.7 Å². The van der Waals surface area contributed by atoms with Crippen molar-refractivity contribution < 1.29 is 28.8 Å². The van der Waals surface area contributed by atoms with Gasteiger partial charge in [-0.05, 0) is 30.7 Å². The van der Waals surface area contributed by atoms with Crippen molar-refractivity contribution in [3.8, 4) is 0 Å². The third kappa shape index (κ3) is 5.08. The molecule has 0 saturated carbocycles. The van der Waals surface area contributed by atoms with Gasteiger partial charge in [-0.25, -0.2) is 0 Å². The number of piperazine rings is 1. The number of imide groups is 1. The molecule has 3 heterocycles. The molecule has 1 aromatic carbocycles. The standard InChI is InChI=1S/C23H27N5O6/c29-18-2-1-9-27(18)17-5-3-16(4-6-17)23(34)24-14-21(32)25-10-12-26(13-11-25)22(33)15-28-19(30)7-8-20(28)31/h3-6H,1-2,7-15H2,(H,24,34). The van der Waals surface area contributed by atoms with E-state index >= 15 is 0 Å². The number of carbonyl (C=O) groups excluding carboxylic acids is 6. The first-order valence-electron chi connectivity index (χ1n) is 11.4. The second-order valence-corrected chi connectivity index (χ2v) is 8.51. The molecule has 1 aromatic rings. The Morgan fingerprint density at radius 1 is 0.735 bits per heavy atom. The fourth-order valence-corrected chi connectivity index (χ4v) is 4.32. The summed E-state index contributed by atoms with van der Waals surface area (Å²) in [5.41, 5.74) is 1.14. The van der Waals surface area contributed by atoms with E-state index < -0.39 is 0 Å². The summed E-state index contributed by atoms with van der Waals surface area (Å²) in [6, 6.07) is 6.70. The van der Waals surface area contributed by atoms with E-state index in [1.807, 2.05) is 0 Å². The number of rotatable bonds is 6. The van der Waals surface area contributed by atoms with E-state index in [0.29, 0.717) is 44.7 Å². The SMILES string of the molecule is O=C(NCC(=O)N1CCN(C(=O)CN2C(=O)CCC2=O)CC1)c1ccc(N2CCCC2=O)cc1. The van der Waals surface area contributed by atoms with E-state index in [9.17, 15) is 28.8 Å². The van der Waals surface area contributed by atoms with Gasteiger partial charge in [0.25, 0.3) is 5.91 Å². The van der Waals surface area contributed by atoms with Crippen molar-refractivity contribution in [2.75, 3.05) is 50.7 Å². The fourth-order valence-electron chi connectivity index (χ4n) is 4.32. The first-order chi connectivity index (χ1) is 16.3. The van der Waals surface area contributed by atoms with Gasteiger partial charge in [0.15, 0.2) is 0 Å². The van der Waals surface area contributed by atoms with Crippen LogP contribution in [0.15, 0.2) is 24.3 Å². The van der Waals surface area contributed by atoms with Gasteiger partial charge >= 0.3 is 0 Å². The van der Waals surface area contributed by atoms with Gasteiger partial charge < -0.3 is 20.0 Å². The summed E-state index contributed by atoms with van der Waals surface area (Å²) < 4.78 is 0. The zero-order valence-corrected chi connectivity index (χ0v) is 18.8. The second-order valence-electron chi connectivity index (χ2n) is 8.51. The largest absolute Gasteiger partial charge is 0.343 e. The summed E-state index contributed by atoms with van der Waals surface area (Å²) in [4.78, 5) is 78.3. The highest BCUT2D eigenvalue weighted by Gasteiger charge is 2.33. The van der Waals surface area contributed by atoms with Gasteiger partial charge in [-0.1, -0.05) is 0 Å². The molecule has 0 atom stereocenters. The number of benzene rings is 1. The maximum atomic E-state index is 12.5. The van der Waals surface area contributed by atoms with Crippen molar-refractivity contribution in [3.05, 3.63) is 29.8 Å². The van der Waals surface area contributed by atoms with Crippen LogP contribution in [0.1, 0.15) is 36.0 Å². The van der Waals surface area contributed by atoms with Gasteiger partial charge in [0.05, 0.1) is 6.54 Å². The Morgan fingerprint density at radius 3 is 1.88 bits per heavy atom. The minimum absolute atomic E-state index is 0.0719. The van der Waals surface area contributed by atoms with Crippen LogP contribution in [0.3, 0.4) is 0 Å². The summed E-state index contributed by atoms with van der Waals surface area (Å²) >= 11 is 0. The lowest BCUT2D eigenvalue weighted by molar-refractivity contribution is -0.147. The number of hydrogen-bond donors (Lipinski definition) is 1. The molecule has 0 aromatic heterocycles. The van der Waals surface area contributed by atoms with E-state index in [-0.39, 0.29) is 61.4 Å². The molecule has 3 aliphatic heterocycles. The molecule has 0 bridgehead atoms. The molecule has 0 spiro atoms. The average molecular weight is 469 g/mol. The molecule has 11 nitrogen and oxygen atoms in total. The third-order valence-corrected chi connectivity index (χ3v) is 6.35. The summed E-state index contributed by atoms with van der Waals surface area (Å²) in [7, 11) is 0. The van der Waals surface area contributed by atoms with Crippen LogP contribution in [-0.2, 0) is 24.0 Å². The van der Waals surface area contributed by atoms with Crippen LogP contribution in [0.5, 0.6) is 0 Å². The van der Waals surface area contributed by atoms with Crippen LogP contribution < -0.4 is 10.2 Å². The molecule has 0 unspecified atom stereocenters. The zero-order valence-electron chi connectivity index (χ0n) is 18.8. The first-order valence-corrected chi connectivity index (χ1v) is 11.4. The molecule has 4 rings (SSSR count). The quantitative estimate of drug-likeness (QED) is 0.553. The molecule has 34 heavy (non-hydrogen) atoms. The smallest absolute Gasteiger partial charge is 0.251 e. The molecule has 0 aliphatic carbocycles. The molecule has 180 valence electrons. The van der Waals surface area contributed by atoms with Crippen LogP contribution in [0.25, 0.3) is 0 Å². The van der Waals surface area contributed by atoms with E-state index in [1.165, 1.54) is 4.90 Å². The molecule has 11 heteroatoms. The van der Waals surface area contributed by atoms with E-state index in [4.69, 9.17) is 0 Å². The van der Waals surface area contributed by atoms with Crippen molar-refractivity contribution >= 4 is 41.1 Å². The molecule has 3 saturated heterocycles. The van der Waals surface area contributed by atoms with E-state index in [2.05, 4.69) is 5.32 Å². The first kappa shape index (κ1) is 23.4. The zero-order chi connectivity index (χ0) is 24.2. The maximum Gasteiger partial charge on any atom is 0.251 e. The summed E-state index contributed by atoms with van der Waals surface area (Å²) in [6.07, 6.45) is 1.64. The third-order valence-electron chi connectivity index (χ3n) is 6.35. The minimum Gasteiger partial charge on any atom is -0.343 e. The predicted octanol–water partition coefficient (Wildman–Crippen LogP) is -0.637. The summed E-state index contributed by atoms with van der Waals surface area (Å²) in [5.74, 6) is -1.55. The fraction of sp³-hybridized carbons (Fsp3) is 0.478.